The maximum absolute atomic E-state index is 12.7. The van der Waals surface area contributed by atoms with Gasteiger partial charge in [-0.25, -0.2) is 18.8 Å². The van der Waals surface area contributed by atoms with E-state index in [-0.39, 0.29) is 5.91 Å². The molecule has 0 aliphatic heterocycles. The van der Waals surface area contributed by atoms with Crippen molar-refractivity contribution in [2.24, 2.45) is 5.92 Å². The van der Waals surface area contributed by atoms with E-state index < -0.39 is 6.09 Å². The number of fused-ring (bicyclic) bond motifs is 1. The highest BCUT2D eigenvalue weighted by molar-refractivity contribution is 9.10. The van der Waals surface area contributed by atoms with E-state index in [1.54, 1.807) is 17.5 Å². The van der Waals surface area contributed by atoms with Gasteiger partial charge in [0, 0.05) is 28.5 Å². The first-order chi connectivity index (χ1) is 19.2. The molecule has 2 N–H and O–H groups in total. The van der Waals surface area contributed by atoms with Crippen LogP contribution in [0.2, 0.25) is 0 Å². The number of aryl methyl sites for hydroxylation is 1. The molecule has 0 fully saturated rings. The summed E-state index contributed by atoms with van der Waals surface area (Å²) in [6.45, 7) is 6.49. The number of amides is 2. The molecule has 2 amide bonds. The summed E-state index contributed by atoms with van der Waals surface area (Å²) in [5.41, 5.74) is 2.73. The molecular formula is C28H34BrN7O3S. The van der Waals surface area contributed by atoms with Crippen LogP contribution in [-0.4, -0.2) is 63.2 Å². The normalized spacial score (nSPS) is 11.4. The van der Waals surface area contributed by atoms with Gasteiger partial charge in [-0.15, -0.1) is 0 Å². The largest absolute Gasteiger partial charge is 0.412 e. The van der Waals surface area contributed by atoms with E-state index in [1.165, 1.54) is 17.7 Å². The fraction of sp³-hybridized carbons (Fsp3) is 0.393. The number of halogens is 1. The molecule has 0 aliphatic rings. The first kappa shape index (κ1) is 29.6. The predicted molar refractivity (Wildman–Crippen MR) is 162 cm³/mol. The lowest BCUT2D eigenvalue weighted by Crippen LogP contribution is -2.29. The van der Waals surface area contributed by atoms with Gasteiger partial charge in [-0.2, -0.15) is 5.10 Å². The van der Waals surface area contributed by atoms with Crippen molar-refractivity contribution in [2.45, 2.75) is 39.7 Å². The molecule has 3 heterocycles. The second-order valence-corrected chi connectivity index (χ2v) is 11.7. The Morgan fingerprint density at radius 3 is 2.62 bits per heavy atom. The molecule has 0 aliphatic carbocycles. The number of aromatic nitrogens is 4. The molecule has 12 heteroatoms. The molecule has 212 valence electrons. The summed E-state index contributed by atoms with van der Waals surface area (Å²) in [5.74, 6) is 1.21. The van der Waals surface area contributed by atoms with Crippen LogP contribution in [0.5, 0.6) is 5.75 Å². The van der Waals surface area contributed by atoms with Crippen molar-refractivity contribution in [3.63, 3.8) is 0 Å². The van der Waals surface area contributed by atoms with Crippen LogP contribution < -0.4 is 15.4 Å². The number of pyridine rings is 1. The molecule has 4 rings (SSSR count). The van der Waals surface area contributed by atoms with Gasteiger partial charge in [0.2, 0.25) is 0 Å². The van der Waals surface area contributed by atoms with Crippen molar-refractivity contribution in [3.05, 3.63) is 51.9 Å². The number of carbonyl (C=O) groups excluding carboxylic acids is 2. The minimum atomic E-state index is -0.481. The molecule has 0 saturated carbocycles. The molecule has 0 bridgehead atoms. The van der Waals surface area contributed by atoms with Crippen molar-refractivity contribution in [2.75, 3.05) is 32.5 Å². The van der Waals surface area contributed by atoms with E-state index in [0.717, 1.165) is 46.9 Å². The fourth-order valence-electron chi connectivity index (χ4n) is 4.08. The summed E-state index contributed by atoms with van der Waals surface area (Å²) in [6, 6.07) is 9.14. The molecule has 0 atom stereocenters. The molecule has 0 radical (unpaired) electrons. The Morgan fingerprint density at radius 2 is 1.95 bits per heavy atom. The van der Waals surface area contributed by atoms with Crippen LogP contribution in [0.15, 0.2) is 46.4 Å². The van der Waals surface area contributed by atoms with Crippen molar-refractivity contribution < 1.29 is 14.3 Å². The fourth-order valence-corrected chi connectivity index (χ4v) is 5.14. The number of benzene rings is 1. The number of hydrogen-bond acceptors (Lipinski definition) is 8. The topological polar surface area (TPSA) is 114 Å². The minimum absolute atomic E-state index is 0.264. The number of carbonyl (C=O) groups is 2. The monoisotopic (exact) mass is 627 g/mol. The smallest absolute Gasteiger partial charge is 0.410 e. The summed E-state index contributed by atoms with van der Waals surface area (Å²) < 4.78 is 12.0. The van der Waals surface area contributed by atoms with E-state index in [1.807, 2.05) is 37.0 Å². The van der Waals surface area contributed by atoms with E-state index in [4.69, 9.17) is 14.8 Å². The minimum Gasteiger partial charge on any atom is -0.410 e. The lowest BCUT2D eigenvalue weighted by molar-refractivity contribution is 0.102. The lowest BCUT2D eigenvalue weighted by Gasteiger charge is -2.11. The molecule has 0 saturated heterocycles. The van der Waals surface area contributed by atoms with Crippen molar-refractivity contribution in [3.8, 4) is 17.0 Å². The number of hydrogen-bond donors (Lipinski definition) is 2. The molecule has 40 heavy (non-hydrogen) atoms. The van der Waals surface area contributed by atoms with Crippen LogP contribution in [0, 0.1) is 5.92 Å². The van der Waals surface area contributed by atoms with E-state index in [9.17, 15) is 9.59 Å². The Morgan fingerprint density at radius 1 is 1.18 bits per heavy atom. The zero-order chi connectivity index (χ0) is 28.6. The Hall–Kier alpha value is -3.35. The highest BCUT2D eigenvalue weighted by Gasteiger charge is 2.19. The van der Waals surface area contributed by atoms with Gasteiger partial charge in [0.1, 0.15) is 5.75 Å². The van der Waals surface area contributed by atoms with E-state index in [0.29, 0.717) is 41.8 Å². The van der Waals surface area contributed by atoms with Crippen LogP contribution >= 0.6 is 27.5 Å². The van der Waals surface area contributed by atoms with Gasteiger partial charge in [-0.3, -0.25) is 4.79 Å². The van der Waals surface area contributed by atoms with E-state index >= 15 is 0 Å². The molecule has 3 aromatic heterocycles. The van der Waals surface area contributed by atoms with Crippen LogP contribution in [0.3, 0.4) is 0 Å². The lowest BCUT2D eigenvalue weighted by atomic mass is 10.1. The van der Waals surface area contributed by atoms with Gasteiger partial charge in [0.05, 0.1) is 22.8 Å². The number of rotatable bonds is 12. The first-order valence-corrected chi connectivity index (χ1v) is 14.8. The zero-order valence-corrected chi connectivity index (χ0v) is 25.5. The zero-order valence-electron chi connectivity index (χ0n) is 23.1. The molecule has 0 spiro atoms. The quantitative estimate of drug-likeness (QED) is 0.184. The average Bonchev–Trinajstić information content (AvgIpc) is 3.56. The Bertz CT molecular complexity index is 1440. The van der Waals surface area contributed by atoms with Crippen molar-refractivity contribution >= 4 is 56.3 Å². The number of anilines is 1. The van der Waals surface area contributed by atoms with Gasteiger partial charge in [0.15, 0.2) is 11.5 Å². The van der Waals surface area contributed by atoms with Crippen LogP contribution in [0.25, 0.3) is 22.3 Å². The van der Waals surface area contributed by atoms with Crippen molar-refractivity contribution in [1.82, 2.24) is 29.4 Å². The van der Waals surface area contributed by atoms with Crippen LogP contribution in [0.4, 0.5) is 10.6 Å². The SMILES string of the molecule is CC(C)CCCn1nc(NC(=O)c2cnsc2)c2cc(Br)c(-c3ccc(OC(=O)NCCCN(C)C)cc3)nc21. The maximum Gasteiger partial charge on any atom is 0.412 e. The second-order valence-electron chi connectivity index (χ2n) is 10.2. The highest BCUT2D eigenvalue weighted by atomic mass is 79.9. The average molecular weight is 629 g/mol. The van der Waals surface area contributed by atoms with Gasteiger partial charge in [0.25, 0.3) is 5.91 Å². The second kappa shape index (κ2) is 13.8. The first-order valence-electron chi connectivity index (χ1n) is 13.2. The van der Waals surface area contributed by atoms with Crippen LogP contribution in [-0.2, 0) is 6.54 Å². The van der Waals surface area contributed by atoms with Gasteiger partial charge >= 0.3 is 6.09 Å². The summed E-state index contributed by atoms with van der Waals surface area (Å²) in [5, 5.41) is 12.8. The predicted octanol–water partition coefficient (Wildman–Crippen LogP) is 6.05. The summed E-state index contributed by atoms with van der Waals surface area (Å²) in [7, 11) is 3.99. The Kier molecular flexibility index (Phi) is 10.2. The summed E-state index contributed by atoms with van der Waals surface area (Å²) in [6.07, 6.45) is 3.89. The van der Waals surface area contributed by atoms with Gasteiger partial charge in [-0.05, 0) is 104 Å². The number of nitrogens with zero attached hydrogens (tertiary/aromatic N) is 5. The standard InChI is InChI=1S/C28H34BrN7O3S/c1-18(2)7-5-14-36-26-22(25(34-36)33-27(37)20-16-31-40-17-20)15-23(29)24(32-26)19-8-10-21(11-9-19)39-28(38)30-12-6-13-35(3)4/h8-11,15-18H,5-7,12-14H2,1-4H3,(H,30,38)(H,33,34,37). The maximum atomic E-state index is 12.7. The highest BCUT2D eigenvalue weighted by Crippen LogP contribution is 2.34. The van der Waals surface area contributed by atoms with Crippen molar-refractivity contribution in [1.29, 1.82) is 0 Å². The third-order valence-corrected chi connectivity index (χ3v) is 7.33. The third-order valence-electron chi connectivity index (χ3n) is 6.14. The summed E-state index contributed by atoms with van der Waals surface area (Å²) in [4.78, 5) is 31.9. The van der Waals surface area contributed by atoms with Gasteiger partial charge in [-0.1, -0.05) is 13.8 Å². The summed E-state index contributed by atoms with van der Waals surface area (Å²) >= 11 is 4.88. The number of nitrogens with one attached hydrogen (secondary N) is 2. The van der Waals surface area contributed by atoms with Crippen LogP contribution in [0.1, 0.15) is 43.5 Å². The molecule has 0 unspecified atom stereocenters. The molecular weight excluding hydrogens is 594 g/mol. The Balaban J connectivity index is 1.55. The van der Waals surface area contributed by atoms with E-state index in [2.05, 4.69) is 49.7 Å². The van der Waals surface area contributed by atoms with Gasteiger partial charge < -0.3 is 20.3 Å². The Labute approximate surface area is 246 Å². The molecule has 10 nitrogen and oxygen atoms in total. The molecule has 4 aromatic rings. The number of ether oxygens (including phenoxy) is 1. The third kappa shape index (κ3) is 7.86. The molecule has 1 aromatic carbocycles.